The molecule has 0 saturated heterocycles. The molecule has 0 aliphatic carbocycles. The van der Waals surface area contributed by atoms with Crippen LogP contribution in [0.3, 0.4) is 0 Å². The van der Waals surface area contributed by atoms with Crippen molar-refractivity contribution in [2.24, 2.45) is 0 Å². The second-order valence-corrected chi connectivity index (χ2v) is 4.36. The van der Waals surface area contributed by atoms with Gasteiger partial charge in [-0.25, -0.2) is 4.68 Å². The monoisotopic (exact) mass is 279 g/mol. The van der Waals surface area contributed by atoms with Gasteiger partial charge in [0.15, 0.2) is 11.5 Å². The van der Waals surface area contributed by atoms with Crippen LogP contribution in [0.2, 0.25) is 0 Å². The molecule has 2 rings (SSSR count). The van der Waals surface area contributed by atoms with Crippen molar-refractivity contribution < 1.29 is 19.4 Å². The molecule has 2 aromatic rings. The Hall–Kier alpha value is -2.31. The lowest BCUT2D eigenvalue weighted by atomic mass is 10.2. The number of aryl methyl sites for hydroxylation is 1. The molecule has 0 fully saturated rings. The highest BCUT2D eigenvalue weighted by Gasteiger charge is 2.11. The summed E-state index contributed by atoms with van der Waals surface area (Å²) in [6.45, 7) is 0.624. The highest BCUT2D eigenvalue weighted by atomic mass is 16.5. The van der Waals surface area contributed by atoms with Crippen molar-refractivity contribution >= 4 is 17.0 Å². The molecule has 7 heteroatoms. The average Bonchev–Trinajstić information content (AvgIpc) is 2.84. The molecular weight excluding hydrogens is 262 g/mol. The van der Waals surface area contributed by atoms with Gasteiger partial charge in [-0.1, -0.05) is 5.21 Å². The predicted octanol–water partition coefficient (Wildman–Crippen LogP) is 1.70. The Morgan fingerprint density at radius 2 is 1.95 bits per heavy atom. The SMILES string of the molecule is COc1cc2nnn(CCCCC(=O)O)c2cc1OC. The lowest BCUT2D eigenvalue weighted by molar-refractivity contribution is -0.137. The fourth-order valence-electron chi connectivity index (χ4n) is 2.00. The van der Waals surface area contributed by atoms with Gasteiger partial charge in [0.1, 0.15) is 5.52 Å². The number of carboxylic acid groups (broad SMARTS) is 1. The molecular formula is C13H17N3O4. The zero-order chi connectivity index (χ0) is 14.5. The summed E-state index contributed by atoms with van der Waals surface area (Å²) < 4.78 is 12.2. The molecule has 1 aromatic carbocycles. The standard InChI is InChI=1S/C13H17N3O4/c1-19-11-7-9-10(8-12(11)20-2)16(15-14-9)6-4-3-5-13(17)18/h7-8H,3-6H2,1-2H3,(H,17,18). The lowest BCUT2D eigenvalue weighted by Crippen LogP contribution is -2.02. The molecule has 0 amide bonds. The van der Waals surface area contributed by atoms with Crippen LogP contribution in [0.4, 0.5) is 0 Å². The van der Waals surface area contributed by atoms with E-state index in [4.69, 9.17) is 14.6 Å². The highest BCUT2D eigenvalue weighted by Crippen LogP contribution is 2.31. The van der Waals surface area contributed by atoms with Gasteiger partial charge in [0.05, 0.1) is 19.7 Å². The first-order valence-corrected chi connectivity index (χ1v) is 6.32. The van der Waals surface area contributed by atoms with Gasteiger partial charge in [0.2, 0.25) is 0 Å². The van der Waals surface area contributed by atoms with Crippen LogP contribution in [0.5, 0.6) is 11.5 Å². The second kappa shape index (κ2) is 6.23. The van der Waals surface area contributed by atoms with Gasteiger partial charge < -0.3 is 14.6 Å². The number of benzene rings is 1. The smallest absolute Gasteiger partial charge is 0.303 e. The van der Waals surface area contributed by atoms with E-state index in [-0.39, 0.29) is 6.42 Å². The number of aromatic nitrogens is 3. The van der Waals surface area contributed by atoms with E-state index in [0.717, 1.165) is 17.5 Å². The molecule has 0 radical (unpaired) electrons. The number of fused-ring (bicyclic) bond motifs is 1. The van der Waals surface area contributed by atoms with E-state index < -0.39 is 5.97 Å². The van der Waals surface area contributed by atoms with E-state index >= 15 is 0 Å². The molecule has 108 valence electrons. The minimum Gasteiger partial charge on any atom is -0.493 e. The van der Waals surface area contributed by atoms with Crippen molar-refractivity contribution in [3.63, 3.8) is 0 Å². The van der Waals surface area contributed by atoms with E-state index in [1.165, 1.54) is 0 Å². The topological polar surface area (TPSA) is 86.5 Å². The Morgan fingerprint density at radius 3 is 2.60 bits per heavy atom. The van der Waals surface area contributed by atoms with Gasteiger partial charge in [0, 0.05) is 25.1 Å². The normalized spacial score (nSPS) is 10.7. The van der Waals surface area contributed by atoms with Crippen molar-refractivity contribution in [1.29, 1.82) is 0 Å². The Balaban J connectivity index is 2.16. The summed E-state index contributed by atoms with van der Waals surface area (Å²) in [5.41, 5.74) is 1.57. The zero-order valence-electron chi connectivity index (χ0n) is 11.5. The number of nitrogens with zero attached hydrogens (tertiary/aromatic N) is 3. The fraction of sp³-hybridized carbons (Fsp3) is 0.462. The number of methoxy groups -OCH3 is 2. The van der Waals surface area contributed by atoms with E-state index in [1.807, 2.05) is 6.07 Å². The maximum atomic E-state index is 10.5. The Bertz CT molecular complexity index is 609. The van der Waals surface area contributed by atoms with Crippen molar-refractivity contribution in [3.8, 4) is 11.5 Å². The van der Waals surface area contributed by atoms with Gasteiger partial charge in [-0.3, -0.25) is 4.79 Å². The summed E-state index contributed by atoms with van der Waals surface area (Å²) in [6, 6.07) is 3.60. The van der Waals surface area contributed by atoms with Crippen molar-refractivity contribution in [2.75, 3.05) is 14.2 Å². The van der Waals surface area contributed by atoms with E-state index in [2.05, 4.69) is 10.3 Å². The molecule has 0 saturated carbocycles. The van der Waals surface area contributed by atoms with Gasteiger partial charge in [-0.2, -0.15) is 0 Å². The van der Waals surface area contributed by atoms with E-state index in [9.17, 15) is 4.79 Å². The number of carboxylic acids is 1. The quantitative estimate of drug-likeness (QED) is 0.776. The molecule has 7 nitrogen and oxygen atoms in total. The van der Waals surface area contributed by atoms with Crippen LogP contribution < -0.4 is 9.47 Å². The van der Waals surface area contributed by atoms with Crippen LogP contribution in [0.15, 0.2) is 12.1 Å². The summed E-state index contributed by atoms with van der Waals surface area (Å²) in [6.07, 6.45) is 1.52. The summed E-state index contributed by atoms with van der Waals surface area (Å²) in [5.74, 6) is 0.451. The van der Waals surface area contributed by atoms with Crippen molar-refractivity contribution in [3.05, 3.63) is 12.1 Å². The highest BCUT2D eigenvalue weighted by molar-refractivity contribution is 5.79. The third-order valence-corrected chi connectivity index (χ3v) is 3.03. The molecule has 1 aromatic heterocycles. The van der Waals surface area contributed by atoms with Crippen LogP contribution >= 0.6 is 0 Å². The molecule has 0 unspecified atom stereocenters. The van der Waals surface area contributed by atoms with Crippen molar-refractivity contribution in [2.45, 2.75) is 25.8 Å². The van der Waals surface area contributed by atoms with Gasteiger partial charge in [-0.15, -0.1) is 5.10 Å². The van der Waals surface area contributed by atoms with Crippen LogP contribution in [0.1, 0.15) is 19.3 Å². The van der Waals surface area contributed by atoms with Gasteiger partial charge in [0.25, 0.3) is 0 Å². The third-order valence-electron chi connectivity index (χ3n) is 3.03. The Kier molecular flexibility index (Phi) is 4.39. The molecule has 20 heavy (non-hydrogen) atoms. The van der Waals surface area contributed by atoms with Crippen LogP contribution in [-0.4, -0.2) is 40.3 Å². The number of aliphatic carboxylic acids is 1. The fourth-order valence-corrected chi connectivity index (χ4v) is 2.00. The maximum absolute atomic E-state index is 10.5. The second-order valence-electron chi connectivity index (χ2n) is 4.36. The minimum absolute atomic E-state index is 0.170. The first-order chi connectivity index (χ1) is 9.65. The number of carbonyl (C=O) groups is 1. The molecule has 1 heterocycles. The zero-order valence-corrected chi connectivity index (χ0v) is 11.5. The summed E-state index contributed by atoms with van der Waals surface area (Å²) in [4.78, 5) is 10.5. The number of hydrogen-bond donors (Lipinski definition) is 1. The minimum atomic E-state index is -0.778. The summed E-state index contributed by atoms with van der Waals surface area (Å²) in [5, 5.41) is 16.8. The summed E-state index contributed by atoms with van der Waals surface area (Å²) >= 11 is 0. The molecule has 1 N–H and O–H groups in total. The molecule has 0 spiro atoms. The number of rotatable bonds is 7. The van der Waals surface area contributed by atoms with Crippen LogP contribution in [-0.2, 0) is 11.3 Å². The first kappa shape index (κ1) is 14.1. The third kappa shape index (κ3) is 2.98. The largest absolute Gasteiger partial charge is 0.493 e. The van der Waals surface area contributed by atoms with Crippen LogP contribution in [0, 0.1) is 0 Å². The number of ether oxygens (including phenoxy) is 2. The van der Waals surface area contributed by atoms with E-state index in [1.54, 1.807) is 25.0 Å². The lowest BCUT2D eigenvalue weighted by Gasteiger charge is -2.07. The predicted molar refractivity (Wildman–Crippen MR) is 72.1 cm³/mol. The Labute approximate surface area is 116 Å². The summed E-state index contributed by atoms with van der Waals surface area (Å²) in [7, 11) is 3.14. The van der Waals surface area contributed by atoms with Gasteiger partial charge >= 0.3 is 5.97 Å². The molecule has 0 aliphatic heterocycles. The van der Waals surface area contributed by atoms with Crippen molar-refractivity contribution in [1.82, 2.24) is 15.0 Å². The average molecular weight is 279 g/mol. The van der Waals surface area contributed by atoms with Crippen LogP contribution in [0.25, 0.3) is 11.0 Å². The molecule has 0 aliphatic rings. The Morgan fingerprint density at radius 1 is 1.25 bits per heavy atom. The number of unbranched alkanes of at least 4 members (excludes halogenated alkanes) is 1. The number of hydrogen-bond acceptors (Lipinski definition) is 5. The van der Waals surface area contributed by atoms with E-state index in [0.29, 0.717) is 24.5 Å². The molecule has 0 bridgehead atoms. The maximum Gasteiger partial charge on any atom is 0.303 e. The molecule has 0 atom stereocenters. The van der Waals surface area contributed by atoms with Gasteiger partial charge in [-0.05, 0) is 12.8 Å². The first-order valence-electron chi connectivity index (χ1n) is 6.32.